The Labute approximate surface area is 159 Å². The minimum absolute atomic E-state index is 0.175. The summed E-state index contributed by atoms with van der Waals surface area (Å²) in [6.07, 6.45) is 6.71. The number of hydrogen-bond donors (Lipinski definition) is 1. The summed E-state index contributed by atoms with van der Waals surface area (Å²) in [5.41, 5.74) is 1.78. The smallest absolute Gasteiger partial charge is 0.298 e. The van der Waals surface area contributed by atoms with E-state index in [1.54, 1.807) is 0 Å². The number of aromatic nitrogens is 1. The van der Waals surface area contributed by atoms with Crippen molar-refractivity contribution < 1.29 is 9.21 Å². The lowest BCUT2D eigenvalue weighted by molar-refractivity contribution is -0.127. The molecule has 2 aliphatic heterocycles. The van der Waals surface area contributed by atoms with Crippen LogP contribution in [0.25, 0.3) is 11.1 Å². The summed E-state index contributed by atoms with van der Waals surface area (Å²) in [5, 5.41) is 3.19. The van der Waals surface area contributed by atoms with Crippen molar-refractivity contribution in [2.45, 2.75) is 50.6 Å². The number of para-hydroxylation sites is 2. The Morgan fingerprint density at radius 2 is 1.89 bits per heavy atom. The lowest BCUT2D eigenvalue weighted by Gasteiger charge is -2.41. The second-order valence-corrected chi connectivity index (χ2v) is 8.30. The normalized spacial score (nSPS) is 25.0. The van der Waals surface area contributed by atoms with Gasteiger partial charge in [-0.2, -0.15) is 4.98 Å². The highest BCUT2D eigenvalue weighted by molar-refractivity contribution is 5.79. The zero-order valence-electron chi connectivity index (χ0n) is 15.8. The van der Waals surface area contributed by atoms with E-state index in [4.69, 9.17) is 4.42 Å². The number of carbonyl (C=O) groups excluding carboxylic acids is 1. The largest absolute Gasteiger partial charge is 0.423 e. The molecule has 0 bridgehead atoms. The number of nitrogens with zero attached hydrogens (tertiary/aromatic N) is 3. The summed E-state index contributed by atoms with van der Waals surface area (Å²) in [4.78, 5) is 21.9. The third-order valence-electron chi connectivity index (χ3n) is 6.28. The van der Waals surface area contributed by atoms with Gasteiger partial charge < -0.3 is 14.6 Å². The fourth-order valence-corrected chi connectivity index (χ4v) is 4.52. The van der Waals surface area contributed by atoms with E-state index in [1.807, 2.05) is 24.3 Å². The molecule has 3 fully saturated rings. The van der Waals surface area contributed by atoms with Crippen molar-refractivity contribution >= 4 is 23.0 Å². The summed E-state index contributed by atoms with van der Waals surface area (Å²) >= 11 is 0. The van der Waals surface area contributed by atoms with E-state index in [1.165, 1.54) is 0 Å². The van der Waals surface area contributed by atoms with Crippen LogP contribution in [0.4, 0.5) is 6.01 Å². The lowest BCUT2D eigenvalue weighted by atomic mass is 9.93. The Morgan fingerprint density at radius 1 is 1.07 bits per heavy atom. The van der Waals surface area contributed by atoms with E-state index >= 15 is 0 Å². The predicted molar refractivity (Wildman–Crippen MR) is 105 cm³/mol. The number of amides is 1. The fraction of sp³-hybridized carbons (Fsp3) is 0.619. The molecule has 1 saturated carbocycles. The van der Waals surface area contributed by atoms with Crippen LogP contribution in [0.1, 0.15) is 38.5 Å². The number of carbonyl (C=O) groups is 1. The highest BCUT2D eigenvalue weighted by Crippen LogP contribution is 2.28. The molecule has 1 amide bonds. The molecule has 1 atom stereocenters. The van der Waals surface area contributed by atoms with Crippen molar-refractivity contribution in [2.24, 2.45) is 5.92 Å². The second kappa shape index (κ2) is 7.15. The SMILES string of the molecule is O=C(NC1CC1)C1CCCN(C2CCN(c3nc4ccccc4o3)CC2)C1. The summed E-state index contributed by atoms with van der Waals surface area (Å²) < 4.78 is 5.93. The molecule has 3 heterocycles. The van der Waals surface area contributed by atoms with Gasteiger partial charge in [0.1, 0.15) is 5.52 Å². The van der Waals surface area contributed by atoms with Gasteiger partial charge in [0.25, 0.3) is 6.01 Å². The van der Waals surface area contributed by atoms with Crippen LogP contribution in [-0.4, -0.2) is 54.1 Å². The number of likely N-dealkylation sites (tertiary alicyclic amines) is 1. The highest BCUT2D eigenvalue weighted by Gasteiger charge is 2.34. The molecule has 1 unspecified atom stereocenters. The van der Waals surface area contributed by atoms with Crippen LogP contribution < -0.4 is 10.2 Å². The average molecular weight is 368 g/mol. The Kier molecular flexibility index (Phi) is 4.52. The number of piperidine rings is 2. The van der Waals surface area contributed by atoms with Crippen LogP contribution >= 0.6 is 0 Å². The van der Waals surface area contributed by atoms with Gasteiger partial charge in [0.05, 0.1) is 5.92 Å². The summed E-state index contributed by atoms with van der Waals surface area (Å²) in [6, 6.07) is 9.72. The summed E-state index contributed by atoms with van der Waals surface area (Å²) in [7, 11) is 0. The predicted octanol–water partition coefficient (Wildman–Crippen LogP) is 2.79. The third kappa shape index (κ3) is 3.68. The van der Waals surface area contributed by atoms with Gasteiger partial charge in [0.2, 0.25) is 5.91 Å². The monoisotopic (exact) mass is 368 g/mol. The van der Waals surface area contributed by atoms with Gasteiger partial charge in [0, 0.05) is 31.7 Å². The van der Waals surface area contributed by atoms with Crippen molar-refractivity contribution in [3.05, 3.63) is 24.3 Å². The maximum atomic E-state index is 12.4. The van der Waals surface area contributed by atoms with Crippen molar-refractivity contribution in [1.29, 1.82) is 0 Å². The van der Waals surface area contributed by atoms with Gasteiger partial charge in [-0.15, -0.1) is 0 Å². The number of hydrogen-bond acceptors (Lipinski definition) is 5. The topological polar surface area (TPSA) is 61.6 Å². The van der Waals surface area contributed by atoms with E-state index in [0.29, 0.717) is 12.1 Å². The number of fused-ring (bicyclic) bond motifs is 1. The maximum absolute atomic E-state index is 12.4. The molecule has 1 aromatic heterocycles. The van der Waals surface area contributed by atoms with Crippen LogP contribution in [0, 0.1) is 5.92 Å². The number of anilines is 1. The highest BCUT2D eigenvalue weighted by atomic mass is 16.4. The Morgan fingerprint density at radius 3 is 2.67 bits per heavy atom. The first-order valence-electron chi connectivity index (χ1n) is 10.4. The van der Waals surface area contributed by atoms with Gasteiger partial charge >= 0.3 is 0 Å². The summed E-state index contributed by atoms with van der Waals surface area (Å²) in [5.74, 6) is 0.459. The second-order valence-electron chi connectivity index (χ2n) is 8.30. The Balaban J connectivity index is 1.18. The van der Waals surface area contributed by atoms with Gasteiger partial charge in [-0.3, -0.25) is 9.69 Å². The molecule has 5 rings (SSSR count). The summed E-state index contributed by atoms with van der Waals surface area (Å²) in [6.45, 7) is 3.98. The molecule has 1 N–H and O–H groups in total. The lowest BCUT2D eigenvalue weighted by Crippen LogP contribution is -2.51. The number of rotatable bonds is 4. The van der Waals surface area contributed by atoms with E-state index in [9.17, 15) is 4.79 Å². The number of oxazole rings is 1. The molecule has 0 spiro atoms. The molecular weight excluding hydrogens is 340 g/mol. The van der Waals surface area contributed by atoms with E-state index in [0.717, 1.165) is 81.8 Å². The standard InChI is InChI=1S/C21H28N4O2/c26-20(22-16-7-8-16)15-4-3-11-25(14-15)17-9-12-24(13-10-17)21-23-18-5-1-2-6-19(18)27-21/h1-2,5-6,15-17H,3-4,7-14H2,(H,22,26). The molecule has 6 nitrogen and oxygen atoms in total. The van der Waals surface area contributed by atoms with Gasteiger partial charge in [-0.05, 0) is 57.2 Å². The average Bonchev–Trinajstić information content (AvgIpc) is 3.42. The first kappa shape index (κ1) is 17.0. The van der Waals surface area contributed by atoms with Crippen LogP contribution in [0.5, 0.6) is 0 Å². The molecule has 0 radical (unpaired) electrons. The Hall–Kier alpha value is -2.08. The van der Waals surface area contributed by atoms with Crippen LogP contribution in [0.3, 0.4) is 0 Å². The molecule has 6 heteroatoms. The van der Waals surface area contributed by atoms with Gasteiger partial charge in [-0.1, -0.05) is 12.1 Å². The minimum atomic E-state index is 0.175. The molecule has 1 aromatic carbocycles. The van der Waals surface area contributed by atoms with Gasteiger partial charge in [0.15, 0.2) is 5.58 Å². The molecule has 3 aliphatic rings. The van der Waals surface area contributed by atoms with Crippen LogP contribution in [0.2, 0.25) is 0 Å². The molecule has 144 valence electrons. The molecule has 2 saturated heterocycles. The quantitative estimate of drug-likeness (QED) is 0.899. The first-order chi connectivity index (χ1) is 13.3. The maximum Gasteiger partial charge on any atom is 0.298 e. The minimum Gasteiger partial charge on any atom is -0.423 e. The van der Waals surface area contributed by atoms with E-state index < -0.39 is 0 Å². The van der Waals surface area contributed by atoms with Crippen LogP contribution in [-0.2, 0) is 4.79 Å². The van der Waals surface area contributed by atoms with Crippen LogP contribution in [0.15, 0.2) is 28.7 Å². The zero-order valence-corrected chi connectivity index (χ0v) is 15.8. The molecule has 2 aromatic rings. The number of benzene rings is 1. The fourth-order valence-electron chi connectivity index (χ4n) is 4.52. The number of nitrogens with one attached hydrogen (secondary N) is 1. The zero-order chi connectivity index (χ0) is 18.2. The first-order valence-corrected chi connectivity index (χ1v) is 10.4. The molecule has 1 aliphatic carbocycles. The molecule has 27 heavy (non-hydrogen) atoms. The van der Waals surface area contributed by atoms with Crippen molar-refractivity contribution in [3.63, 3.8) is 0 Å². The van der Waals surface area contributed by atoms with Crippen molar-refractivity contribution in [2.75, 3.05) is 31.1 Å². The Bertz CT molecular complexity index is 774. The third-order valence-corrected chi connectivity index (χ3v) is 6.28. The van der Waals surface area contributed by atoms with E-state index in [2.05, 4.69) is 20.1 Å². The molecular formula is C21H28N4O2. The van der Waals surface area contributed by atoms with Crippen molar-refractivity contribution in [3.8, 4) is 0 Å². The van der Waals surface area contributed by atoms with Crippen molar-refractivity contribution in [1.82, 2.24) is 15.2 Å². The van der Waals surface area contributed by atoms with Gasteiger partial charge in [-0.25, -0.2) is 0 Å². The van der Waals surface area contributed by atoms with E-state index in [-0.39, 0.29) is 11.8 Å².